The van der Waals surface area contributed by atoms with Crippen molar-refractivity contribution in [3.63, 3.8) is 0 Å². The summed E-state index contributed by atoms with van der Waals surface area (Å²) < 4.78 is 11.5. The Morgan fingerprint density at radius 2 is 2.05 bits per heavy atom. The molecule has 116 valence electrons. The van der Waals surface area contributed by atoms with Crippen molar-refractivity contribution in [2.75, 3.05) is 44.3 Å². The van der Waals surface area contributed by atoms with Crippen molar-refractivity contribution in [1.82, 2.24) is 5.32 Å². The summed E-state index contributed by atoms with van der Waals surface area (Å²) in [6.07, 6.45) is 3.52. The lowest BCUT2D eigenvalue weighted by molar-refractivity contribution is 0.0253. The lowest BCUT2D eigenvalue weighted by Crippen LogP contribution is -2.28. The first kappa shape index (κ1) is 14.7. The number of aryl methyl sites for hydroxylation is 1. The molecular weight excluding hydrogens is 264 g/mol. The van der Waals surface area contributed by atoms with Crippen LogP contribution in [0, 0.1) is 6.92 Å². The van der Waals surface area contributed by atoms with Crippen molar-refractivity contribution in [3.8, 4) is 5.75 Å². The van der Waals surface area contributed by atoms with Crippen LogP contribution in [0.25, 0.3) is 0 Å². The number of anilines is 1. The highest BCUT2D eigenvalue weighted by Crippen LogP contribution is 2.27. The number of nitrogens with zero attached hydrogens (tertiary/aromatic N) is 1. The maximum absolute atomic E-state index is 6.14. The minimum Gasteiger partial charge on any atom is -0.490 e. The van der Waals surface area contributed by atoms with E-state index in [0.717, 1.165) is 58.0 Å². The fourth-order valence-corrected chi connectivity index (χ4v) is 3.04. The highest BCUT2D eigenvalue weighted by Gasteiger charge is 2.17. The van der Waals surface area contributed by atoms with E-state index in [2.05, 4.69) is 35.3 Å². The standard InChI is InChI=1S/C17H26N2O2/c1-14-13-15(19-9-2-7-18-8-10-19)3-4-17(14)21-16-5-11-20-12-6-16/h3-4,13,16,18H,2,5-12H2,1H3. The van der Waals surface area contributed by atoms with Crippen molar-refractivity contribution in [1.29, 1.82) is 0 Å². The maximum Gasteiger partial charge on any atom is 0.122 e. The predicted octanol–water partition coefficient (Wildman–Crippen LogP) is 2.35. The normalized spacial score (nSPS) is 21.1. The van der Waals surface area contributed by atoms with E-state index < -0.39 is 0 Å². The van der Waals surface area contributed by atoms with Gasteiger partial charge < -0.3 is 19.7 Å². The molecule has 0 unspecified atom stereocenters. The zero-order chi connectivity index (χ0) is 14.5. The van der Waals surface area contributed by atoms with Gasteiger partial charge in [-0.25, -0.2) is 0 Å². The minimum atomic E-state index is 0.311. The molecule has 0 aliphatic carbocycles. The first-order chi connectivity index (χ1) is 10.3. The second-order valence-corrected chi connectivity index (χ2v) is 5.97. The van der Waals surface area contributed by atoms with E-state index in [9.17, 15) is 0 Å². The van der Waals surface area contributed by atoms with Crippen LogP contribution < -0.4 is 15.0 Å². The summed E-state index contributed by atoms with van der Waals surface area (Å²) in [5, 5.41) is 3.45. The third-order valence-corrected chi connectivity index (χ3v) is 4.33. The summed E-state index contributed by atoms with van der Waals surface area (Å²) in [5.74, 6) is 1.03. The van der Waals surface area contributed by atoms with Crippen molar-refractivity contribution in [2.24, 2.45) is 0 Å². The molecule has 3 rings (SSSR count). The van der Waals surface area contributed by atoms with Crippen LogP contribution in [-0.2, 0) is 4.74 Å². The zero-order valence-electron chi connectivity index (χ0n) is 12.9. The Bertz CT molecular complexity index is 450. The second kappa shape index (κ2) is 7.14. The van der Waals surface area contributed by atoms with Crippen molar-refractivity contribution in [3.05, 3.63) is 23.8 Å². The molecule has 4 nitrogen and oxygen atoms in total. The van der Waals surface area contributed by atoms with Crippen LogP contribution in [0.3, 0.4) is 0 Å². The Balaban J connectivity index is 1.66. The monoisotopic (exact) mass is 290 g/mol. The number of hydrogen-bond acceptors (Lipinski definition) is 4. The molecule has 2 heterocycles. The lowest BCUT2D eigenvalue weighted by Gasteiger charge is -2.26. The van der Waals surface area contributed by atoms with Crippen LogP contribution in [0.1, 0.15) is 24.8 Å². The molecule has 0 spiro atoms. The molecule has 2 aliphatic rings. The van der Waals surface area contributed by atoms with E-state index in [1.54, 1.807) is 0 Å². The number of nitrogens with one attached hydrogen (secondary N) is 1. The first-order valence-electron chi connectivity index (χ1n) is 8.13. The van der Waals surface area contributed by atoms with Gasteiger partial charge in [-0.2, -0.15) is 0 Å². The van der Waals surface area contributed by atoms with Gasteiger partial charge in [0.1, 0.15) is 11.9 Å². The molecule has 2 saturated heterocycles. The topological polar surface area (TPSA) is 33.7 Å². The summed E-state index contributed by atoms with van der Waals surface area (Å²) in [4.78, 5) is 2.46. The Hall–Kier alpha value is -1.26. The maximum atomic E-state index is 6.14. The Kier molecular flexibility index (Phi) is 4.99. The van der Waals surface area contributed by atoms with Crippen LogP contribution in [0.2, 0.25) is 0 Å². The average molecular weight is 290 g/mol. The van der Waals surface area contributed by atoms with E-state index in [1.807, 2.05) is 0 Å². The molecule has 0 radical (unpaired) electrons. The quantitative estimate of drug-likeness (QED) is 0.926. The van der Waals surface area contributed by atoms with Crippen LogP contribution in [0.5, 0.6) is 5.75 Å². The van der Waals surface area contributed by atoms with Crippen LogP contribution in [0.4, 0.5) is 5.69 Å². The van der Waals surface area contributed by atoms with Gasteiger partial charge in [0, 0.05) is 38.2 Å². The lowest BCUT2D eigenvalue weighted by atomic mass is 10.1. The van der Waals surface area contributed by atoms with Gasteiger partial charge >= 0.3 is 0 Å². The largest absolute Gasteiger partial charge is 0.490 e. The van der Waals surface area contributed by atoms with Gasteiger partial charge in [-0.3, -0.25) is 0 Å². The third-order valence-electron chi connectivity index (χ3n) is 4.33. The van der Waals surface area contributed by atoms with Gasteiger partial charge in [0.2, 0.25) is 0 Å². The fourth-order valence-electron chi connectivity index (χ4n) is 3.04. The van der Waals surface area contributed by atoms with Gasteiger partial charge in [0.05, 0.1) is 13.2 Å². The summed E-state index contributed by atoms with van der Waals surface area (Å²) >= 11 is 0. The number of ether oxygens (including phenoxy) is 2. The fraction of sp³-hybridized carbons (Fsp3) is 0.647. The Labute approximate surface area is 127 Å². The molecule has 2 aliphatic heterocycles. The molecule has 0 atom stereocenters. The number of hydrogen-bond donors (Lipinski definition) is 1. The van der Waals surface area contributed by atoms with E-state index in [0.29, 0.717) is 6.10 Å². The first-order valence-corrected chi connectivity index (χ1v) is 8.13. The number of benzene rings is 1. The van der Waals surface area contributed by atoms with Crippen LogP contribution in [0.15, 0.2) is 18.2 Å². The molecule has 1 aromatic rings. The molecule has 21 heavy (non-hydrogen) atoms. The summed E-state index contributed by atoms with van der Waals surface area (Å²) in [6, 6.07) is 6.60. The minimum absolute atomic E-state index is 0.311. The highest BCUT2D eigenvalue weighted by molar-refractivity contribution is 5.53. The van der Waals surface area contributed by atoms with Gasteiger partial charge in [0.15, 0.2) is 0 Å². The Morgan fingerprint density at radius 3 is 2.86 bits per heavy atom. The molecule has 1 N–H and O–H groups in total. The smallest absolute Gasteiger partial charge is 0.122 e. The molecule has 4 heteroatoms. The van der Waals surface area contributed by atoms with E-state index >= 15 is 0 Å². The summed E-state index contributed by atoms with van der Waals surface area (Å²) in [7, 11) is 0. The highest BCUT2D eigenvalue weighted by atomic mass is 16.5. The zero-order valence-corrected chi connectivity index (χ0v) is 12.9. The van der Waals surface area contributed by atoms with Gasteiger partial charge in [-0.05, 0) is 43.7 Å². The third kappa shape index (κ3) is 3.89. The average Bonchev–Trinajstić information content (AvgIpc) is 2.79. The summed E-state index contributed by atoms with van der Waals surface area (Å²) in [6.45, 7) is 8.20. The number of rotatable bonds is 3. The van der Waals surface area contributed by atoms with Crippen molar-refractivity contribution < 1.29 is 9.47 Å². The molecule has 0 aromatic heterocycles. The molecule has 0 saturated carbocycles. The molecule has 0 bridgehead atoms. The molecule has 0 amide bonds. The van der Waals surface area contributed by atoms with Gasteiger partial charge in [-0.15, -0.1) is 0 Å². The SMILES string of the molecule is Cc1cc(N2CCCNCC2)ccc1OC1CCOCC1. The molecule has 1 aromatic carbocycles. The van der Waals surface area contributed by atoms with E-state index in [4.69, 9.17) is 9.47 Å². The summed E-state index contributed by atoms with van der Waals surface area (Å²) in [5.41, 5.74) is 2.55. The van der Waals surface area contributed by atoms with Crippen molar-refractivity contribution in [2.45, 2.75) is 32.3 Å². The second-order valence-electron chi connectivity index (χ2n) is 5.97. The van der Waals surface area contributed by atoms with Gasteiger partial charge in [0.25, 0.3) is 0 Å². The van der Waals surface area contributed by atoms with Crippen LogP contribution >= 0.6 is 0 Å². The Morgan fingerprint density at radius 1 is 1.19 bits per heavy atom. The van der Waals surface area contributed by atoms with E-state index in [1.165, 1.54) is 17.7 Å². The predicted molar refractivity (Wildman–Crippen MR) is 85.3 cm³/mol. The van der Waals surface area contributed by atoms with Gasteiger partial charge in [-0.1, -0.05) is 0 Å². The molecular formula is C17H26N2O2. The van der Waals surface area contributed by atoms with Crippen LogP contribution in [-0.4, -0.2) is 45.5 Å². The molecule has 2 fully saturated rings. The van der Waals surface area contributed by atoms with E-state index in [-0.39, 0.29) is 0 Å². The van der Waals surface area contributed by atoms with Crippen molar-refractivity contribution >= 4 is 5.69 Å².